The van der Waals surface area contributed by atoms with Gasteiger partial charge < -0.3 is 4.57 Å². The first kappa shape index (κ1) is 20.3. The number of hydrogen-bond acceptors (Lipinski definition) is 3. The molecule has 57 heavy (non-hydrogen) atoms. The number of rotatable bonds is 6. The van der Waals surface area contributed by atoms with Crippen LogP contribution in [0.25, 0.3) is 100 Å². The molecule has 0 bridgehead atoms. The Morgan fingerprint density at radius 1 is 0.404 bits per heavy atom. The lowest BCUT2D eigenvalue weighted by Gasteiger charge is -2.12. The molecule has 0 saturated heterocycles. The quantitative estimate of drug-likeness (QED) is 0.170. The number of aromatic nitrogens is 5. The lowest BCUT2D eigenvalue weighted by molar-refractivity contribution is 0.953. The van der Waals surface area contributed by atoms with Gasteiger partial charge in [0.1, 0.15) is 0 Å². The number of aryl methyl sites for hydroxylation is 1. The molecule has 0 aliphatic heterocycles. The van der Waals surface area contributed by atoms with Crippen molar-refractivity contribution in [3.8, 4) is 56.7 Å². The second-order valence-corrected chi connectivity index (χ2v) is 13.4. The molecule has 3 heterocycles. The smallest absolute Gasteiger partial charge is 0.238 e. The van der Waals surface area contributed by atoms with Crippen LogP contribution in [-0.4, -0.2) is 24.1 Å². The first-order chi connectivity index (χ1) is 34.8. The molecule has 0 radical (unpaired) electrons. The van der Waals surface area contributed by atoms with Crippen LogP contribution in [0.3, 0.4) is 0 Å². The highest BCUT2D eigenvalue weighted by atomic mass is 15.2. The van der Waals surface area contributed by atoms with E-state index in [-0.39, 0.29) is 33.3 Å². The molecule has 11 aromatic rings. The van der Waals surface area contributed by atoms with Crippen LogP contribution in [0.1, 0.15) is 27.5 Å². The van der Waals surface area contributed by atoms with Crippen molar-refractivity contribution in [1.29, 1.82) is 0 Å². The van der Waals surface area contributed by atoms with Gasteiger partial charge in [-0.05, 0) is 77.6 Å². The second kappa shape index (κ2) is 13.3. The zero-order chi connectivity index (χ0) is 51.8. The van der Waals surface area contributed by atoms with E-state index in [4.69, 9.17) is 25.0 Å². The molecule has 0 atom stereocenters. The maximum atomic E-state index is 9.67. The lowest BCUT2D eigenvalue weighted by atomic mass is 10.0. The van der Waals surface area contributed by atoms with Crippen molar-refractivity contribution in [1.82, 2.24) is 24.1 Å². The van der Waals surface area contributed by atoms with Crippen molar-refractivity contribution in [3.63, 3.8) is 0 Å². The summed E-state index contributed by atoms with van der Waals surface area (Å²) in [6.07, 6.45) is 0. The Labute approximate surface area is 352 Å². The van der Waals surface area contributed by atoms with Crippen molar-refractivity contribution in [2.24, 2.45) is 0 Å². The molecule has 0 spiro atoms. The standard InChI is InChI=1S/C52H35N5/c1-34-25-30-49-45(31-34)44-21-7-8-22-46(44)56(49)41-18-12-16-39(33-41)36-26-28-37(29-27-36)50-53-51(40-17-11-15-38(32-40)35-13-3-2-4-14-35)55-52(54-50)57-47-23-9-5-19-42(47)43-20-6-10-24-48(43)57/h2-33H,1H3/i5D,6D,9D,10D,12D,16D,18D,19D,20D,23D,24D,26D,27D,28D,29D,33D. The van der Waals surface area contributed by atoms with Crippen molar-refractivity contribution in [2.45, 2.75) is 6.92 Å². The highest BCUT2D eigenvalue weighted by Gasteiger charge is 2.18. The Morgan fingerprint density at radius 2 is 1.05 bits per heavy atom. The maximum absolute atomic E-state index is 9.67. The van der Waals surface area contributed by atoms with Crippen molar-refractivity contribution >= 4 is 43.6 Å². The molecule has 0 aliphatic carbocycles. The molecule has 0 saturated carbocycles. The van der Waals surface area contributed by atoms with Gasteiger partial charge in [0.05, 0.1) is 44.0 Å². The van der Waals surface area contributed by atoms with E-state index in [9.17, 15) is 6.85 Å². The van der Waals surface area contributed by atoms with Gasteiger partial charge in [-0.25, -0.2) is 4.98 Å². The molecule has 268 valence electrons. The molecule has 0 N–H and O–H groups in total. The van der Waals surface area contributed by atoms with Crippen LogP contribution in [0.4, 0.5) is 0 Å². The summed E-state index contributed by atoms with van der Waals surface area (Å²) < 4.78 is 148. The predicted octanol–water partition coefficient (Wildman–Crippen LogP) is 13.0. The van der Waals surface area contributed by atoms with Crippen LogP contribution in [0, 0.1) is 6.92 Å². The largest absolute Gasteiger partial charge is 0.309 e. The Morgan fingerprint density at radius 3 is 1.84 bits per heavy atom. The molecule has 0 aliphatic rings. The number of fused-ring (bicyclic) bond motifs is 6. The van der Waals surface area contributed by atoms with E-state index in [2.05, 4.69) is 4.98 Å². The SMILES string of the molecule is [2H]c1c([2H])c(-c2c([2H])c([2H])c(-c3nc(-c4cccc(-c5ccccc5)c4)nc(-n4c5c([2H])c([2H])c([2H])c([2H])c5c5c([2H])c([2H])c([2H])c([2H])c54)n3)c([2H])c2[2H])c([2H])c(-n2c3ccccc3c3cc(C)ccc32)c1[2H]. The minimum atomic E-state index is -0.742. The fraction of sp³-hybridized carbons (Fsp3) is 0.0192. The second-order valence-electron chi connectivity index (χ2n) is 13.4. The third-order valence-corrected chi connectivity index (χ3v) is 9.85. The van der Waals surface area contributed by atoms with Gasteiger partial charge in [0, 0.05) is 38.4 Å². The minimum absolute atomic E-state index is 0.112. The topological polar surface area (TPSA) is 48.5 Å². The van der Waals surface area contributed by atoms with E-state index in [1.54, 1.807) is 34.9 Å². The highest BCUT2D eigenvalue weighted by molar-refractivity contribution is 6.10. The Kier molecular flexibility index (Phi) is 4.74. The van der Waals surface area contributed by atoms with Gasteiger partial charge >= 0.3 is 0 Å². The molecule has 11 rings (SSSR count). The summed E-state index contributed by atoms with van der Waals surface area (Å²) in [5.74, 6) is -1.07. The van der Waals surface area contributed by atoms with Crippen molar-refractivity contribution in [3.05, 3.63) is 199 Å². The third-order valence-electron chi connectivity index (χ3n) is 9.85. The normalized spacial score (nSPS) is 15.5. The van der Waals surface area contributed by atoms with Gasteiger partial charge in [0.2, 0.25) is 5.95 Å². The zero-order valence-electron chi connectivity index (χ0n) is 46.0. The van der Waals surface area contributed by atoms with Crippen LogP contribution in [0.15, 0.2) is 194 Å². The highest BCUT2D eigenvalue weighted by Crippen LogP contribution is 2.36. The fourth-order valence-electron chi connectivity index (χ4n) is 7.24. The van der Waals surface area contributed by atoms with Crippen molar-refractivity contribution < 1.29 is 21.9 Å². The van der Waals surface area contributed by atoms with Crippen LogP contribution < -0.4 is 0 Å². The Balaban J connectivity index is 1.22. The number of para-hydroxylation sites is 3. The van der Waals surface area contributed by atoms with E-state index in [1.165, 1.54) is 0 Å². The van der Waals surface area contributed by atoms with Gasteiger partial charge in [0.25, 0.3) is 0 Å². The Hall–Kier alpha value is -7.63. The number of nitrogens with zero attached hydrogens (tertiary/aromatic N) is 5. The molecule has 3 aromatic heterocycles. The summed E-state index contributed by atoms with van der Waals surface area (Å²) in [5.41, 5.74) is 1.85. The molecule has 8 aromatic carbocycles. The van der Waals surface area contributed by atoms with Gasteiger partial charge in [-0.15, -0.1) is 0 Å². The van der Waals surface area contributed by atoms with Gasteiger partial charge in [0.15, 0.2) is 11.6 Å². The van der Waals surface area contributed by atoms with Crippen molar-refractivity contribution in [2.75, 3.05) is 0 Å². The van der Waals surface area contributed by atoms with Crippen LogP contribution >= 0.6 is 0 Å². The average molecular weight is 746 g/mol. The third kappa shape index (κ3) is 5.59. The molecule has 0 fully saturated rings. The molecular formula is C52H35N5. The van der Waals surface area contributed by atoms with E-state index in [1.807, 2.05) is 73.7 Å². The monoisotopic (exact) mass is 745 g/mol. The molecular weight excluding hydrogens is 695 g/mol. The zero-order valence-corrected chi connectivity index (χ0v) is 30.0. The van der Waals surface area contributed by atoms with Gasteiger partial charge in [-0.3, -0.25) is 4.57 Å². The van der Waals surface area contributed by atoms with E-state index in [0.29, 0.717) is 16.6 Å². The minimum Gasteiger partial charge on any atom is -0.309 e. The molecule has 0 amide bonds. The van der Waals surface area contributed by atoms with Crippen LogP contribution in [0.2, 0.25) is 0 Å². The average Bonchev–Trinajstić information content (AvgIpc) is 3.92. The molecule has 5 nitrogen and oxygen atoms in total. The van der Waals surface area contributed by atoms with Crippen LogP contribution in [-0.2, 0) is 0 Å². The predicted molar refractivity (Wildman–Crippen MR) is 235 cm³/mol. The molecule has 5 heteroatoms. The van der Waals surface area contributed by atoms with E-state index < -0.39 is 125 Å². The Bertz CT molecular complexity index is 4140. The number of benzene rings is 8. The summed E-state index contributed by atoms with van der Waals surface area (Å²) in [6, 6.07) is 18.9. The molecule has 0 unspecified atom stereocenters. The van der Waals surface area contributed by atoms with Crippen LogP contribution in [0.5, 0.6) is 0 Å². The fourth-order valence-corrected chi connectivity index (χ4v) is 7.24. The van der Waals surface area contributed by atoms with Gasteiger partial charge in [-0.2, -0.15) is 9.97 Å². The summed E-state index contributed by atoms with van der Waals surface area (Å²) in [5, 5.41) is 1.09. The van der Waals surface area contributed by atoms with E-state index in [0.717, 1.165) is 32.0 Å². The summed E-state index contributed by atoms with van der Waals surface area (Å²) in [4.78, 5) is 14.2. The summed E-state index contributed by atoms with van der Waals surface area (Å²) in [7, 11) is 0. The summed E-state index contributed by atoms with van der Waals surface area (Å²) in [6.45, 7) is 1.93. The first-order valence-electron chi connectivity index (χ1n) is 26.0. The lowest BCUT2D eigenvalue weighted by Crippen LogP contribution is -2.06. The summed E-state index contributed by atoms with van der Waals surface area (Å²) >= 11 is 0. The number of hydrogen-bond donors (Lipinski definition) is 0. The maximum Gasteiger partial charge on any atom is 0.238 e. The first-order valence-corrected chi connectivity index (χ1v) is 18.0. The van der Waals surface area contributed by atoms with Gasteiger partial charge in [-0.1, -0.05) is 151 Å². The van der Waals surface area contributed by atoms with E-state index >= 15 is 0 Å².